The molecular formula is C15H29N3O2S. The molecule has 0 unspecified atom stereocenters. The van der Waals surface area contributed by atoms with Gasteiger partial charge in [-0.05, 0) is 40.7 Å². The quantitative estimate of drug-likeness (QED) is 0.848. The molecule has 0 spiro atoms. The molecule has 1 aromatic rings. The summed E-state index contributed by atoms with van der Waals surface area (Å²) in [5.41, 5.74) is 0.489. The molecule has 0 aliphatic heterocycles. The monoisotopic (exact) mass is 315 g/mol. The van der Waals surface area contributed by atoms with Gasteiger partial charge in [-0.2, -0.15) is 0 Å². The van der Waals surface area contributed by atoms with Crippen molar-refractivity contribution in [1.82, 2.24) is 14.6 Å². The van der Waals surface area contributed by atoms with Crippen LogP contribution in [0.5, 0.6) is 0 Å². The van der Waals surface area contributed by atoms with Crippen molar-refractivity contribution in [3.63, 3.8) is 0 Å². The van der Waals surface area contributed by atoms with Crippen molar-refractivity contribution in [1.29, 1.82) is 0 Å². The molecule has 122 valence electrons. The number of aromatic nitrogens is 1. The summed E-state index contributed by atoms with van der Waals surface area (Å²) >= 11 is 0. The highest BCUT2D eigenvalue weighted by molar-refractivity contribution is 7.89. The fraction of sp³-hybridized carbons (Fsp3) is 0.733. The molecule has 5 nitrogen and oxygen atoms in total. The summed E-state index contributed by atoms with van der Waals surface area (Å²) in [6.45, 7) is 14.4. The molecule has 0 saturated heterocycles. The SMILES string of the molecule is CC(C)NCc1cc(S(=O)(=O)NC(C)(C)C)cn1C(C)C. The Hall–Kier alpha value is -0.850. The van der Waals surface area contributed by atoms with Crippen LogP contribution in [0.4, 0.5) is 0 Å². The van der Waals surface area contributed by atoms with E-state index in [0.29, 0.717) is 17.5 Å². The van der Waals surface area contributed by atoms with Crippen molar-refractivity contribution in [2.45, 2.75) is 77.5 Å². The molecule has 6 heteroatoms. The number of hydrogen-bond donors (Lipinski definition) is 2. The van der Waals surface area contributed by atoms with Gasteiger partial charge in [-0.1, -0.05) is 13.8 Å². The Balaban J connectivity index is 3.12. The maximum absolute atomic E-state index is 12.4. The van der Waals surface area contributed by atoms with Crippen molar-refractivity contribution in [2.75, 3.05) is 0 Å². The van der Waals surface area contributed by atoms with Gasteiger partial charge in [0.15, 0.2) is 0 Å². The van der Waals surface area contributed by atoms with E-state index in [-0.39, 0.29) is 6.04 Å². The molecule has 0 radical (unpaired) electrons. The smallest absolute Gasteiger partial charge is 0.242 e. The van der Waals surface area contributed by atoms with Gasteiger partial charge in [-0.3, -0.25) is 0 Å². The average molecular weight is 315 g/mol. The molecule has 0 aromatic carbocycles. The number of sulfonamides is 1. The Morgan fingerprint density at radius 3 is 2.19 bits per heavy atom. The zero-order valence-corrected chi connectivity index (χ0v) is 15.0. The molecule has 0 saturated carbocycles. The van der Waals surface area contributed by atoms with Crippen molar-refractivity contribution in [2.24, 2.45) is 0 Å². The normalized spacial score (nSPS) is 13.4. The summed E-state index contributed by atoms with van der Waals surface area (Å²) in [6.07, 6.45) is 1.72. The first-order valence-corrected chi connectivity index (χ1v) is 8.89. The second kappa shape index (κ2) is 6.50. The van der Waals surface area contributed by atoms with Gasteiger partial charge in [0.25, 0.3) is 0 Å². The molecule has 2 N–H and O–H groups in total. The van der Waals surface area contributed by atoms with Crippen LogP contribution < -0.4 is 10.0 Å². The lowest BCUT2D eigenvalue weighted by Crippen LogP contribution is -2.40. The van der Waals surface area contributed by atoms with Gasteiger partial charge in [0.2, 0.25) is 10.0 Å². The fourth-order valence-corrected chi connectivity index (χ4v) is 3.50. The summed E-state index contributed by atoms with van der Waals surface area (Å²) in [6, 6.07) is 2.32. The Labute approximate surface area is 129 Å². The third kappa shape index (κ3) is 5.45. The Morgan fingerprint density at radius 1 is 1.19 bits per heavy atom. The maximum Gasteiger partial charge on any atom is 0.242 e. The highest BCUT2D eigenvalue weighted by atomic mass is 32.2. The number of rotatable bonds is 6. The van der Waals surface area contributed by atoms with Gasteiger partial charge in [0, 0.05) is 36.1 Å². The minimum absolute atomic E-state index is 0.215. The lowest BCUT2D eigenvalue weighted by molar-refractivity contribution is 0.491. The molecule has 1 aromatic heterocycles. The van der Waals surface area contributed by atoms with E-state index in [1.54, 1.807) is 12.3 Å². The second-order valence-electron chi connectivity index (χ2n) is 7.06. The van der Waals surface area contributed by atoms with Crippen molar-refractivity contribution < 1.29 is 8.42 Å². The summed E-state index contributed by atoms with van der Waals surface area (Å²) in [5.74, 6) is 0. The van der Waals surface area contributed by atoms with Crippen molar-refractivity contribution in [3.05, 3.63) is 18.0 Å². The lowest BCUT2D eigenvalue weighted by Gasteiger charge is -2.19. The second-order valence-corrected chi connectivity index (χ2v) is 8.74. The largest absolute Gasteiger partial charge is 0.346 e. The molecule has 0 fully saturated rings. The van der Waals surface area contributed by atoms with E-state index in [4.69, 9.17) is 0 Å². The predicted octanol–water partition coefficient (Wildman–Crippen LogP) is 2.64. The van der Waals surface area contributed by atoms with E-state index in [2.05, 4.69) is 23.9 Å². The standard InChI is InChI=1S/C15H29N3O2S/c1-11(2)16-9-13-8-14(10-18(13)12(3)4)21(19,20)17-15(5,6)7/h8,10-12,16-17H,9H2,1-7H3. The van der Waals surface area contributed by atoms with Crippen LogP contribution in [-0.4, -0.2) is 24.6 Å². The Kier molecular flexibility index (Phi) is 5.63. The minimum atomic E-state index is -3.49. The van der Waals surface area contributed by atoms with Crippen LogP contribution in [0.25, 0.3) is 0 Å². The van der Waals surface area contributed by atoms with Crippen LogP contribution in [0.3, 0.4) is 0 Å². The van der Waals surface area contributed by atoms with Crippen molar-refractivity contribution in [3.8, 4) is 0 Å². The topological polar surface area (TPSA) is 63.1 Å². The van der Waals surface area contributed by atoms with Crippen LogP contribution in [0.1, 0.15) is 60.2 Å². The van der Waals surface area contributed by atoms with E-state index in [1.807, 2.05) is 39.2 Å². The zero-order chi connectivity index (χ0) is 16.4. The van der Waals surface area contributed by atoms with E-state index in [0.717, 1.165) is 5.69 Å². The number of hydrogen-bond acceptors (Lipinski definition) is 3. The summed E-state index contributed by atoms with van der Waals surface area (Å²) < 4.78 is 29.6. The third-order valence-corrected chi connectivity index (χ3v) is 4.63. The van der Waals surface area contributed by atoms with Crippen LogP contribution in [-0.2, 0) is 16.6 Å². The van der Waals surface area contributed by atoms with E-state index in [1.165, 1.54) is 0 Å². The molecule has 0 aliphatic rings. The highest BCUT2D eigenvalue weighted by Gasteiger charge is 2.24. The van der Waals surface area contributed by atoms with Crippen LogP contribution in [0.15, 0.2) is 17.2 Å². The number of nitrogens with zero attached hydrogens (tertiary/aromatic N) is 1. The Bertz CT molecular complexity index is 566. The van der Waals surface area contributed by atoms with E-state index < -0.39 is 15.6 Å². The highest BCUT2D eigenvalue weighted by Crippen LogP contribution is 2.20. The number of nitrogens with one attached hydrogen (secondary N) is 2. The van der Waals surface area contributed by atoms with E-state index >= 15 is 0 Å². The molecule has 1 rings (SSSR count). The fourth-order valence-electron chi connectivity index (χ4n) is 2.04. The van der Waals surface area contributed by atoms with Crippen LogP contribution in [0, 0.1) is 0 Å². The zero-order valence-electron chi connectivity index (χ0n) is 14.2. The van der Waals surface area contributed by atoms with Gasteiger partial charge in [0.1, 0.15) is 0 Å². The first-order chi connectivity index (χ1) is 9.42. The maximum atomic E-state index is 12.4. The minimum Gasteiger partial charge on any atom is -0.346 e. The summed E-state index contributed by atoms with van der Waals surface area (Å²) in [7, 11) is -3.49. The van der Waals surface area contributed by atoms with Crippen molar-refractivity contribution >= 4 is 10.0 Å². The average Bonchev–Trinajstić information content (AvgIpc) is 2.67. The van der Waals surface area contributed by atoms with Gasteiger partial charge in [-0.15, -0.1) is 0 Å². The first kappa shape index (κ1) is 18.2. The Morgan fingerprint density at radius 2 is 1.76 bits per heavy atom. The molecule has 0 bridgehead atoms. The van der Waals surface area contributed by atoms with Gasteiger partial charge in [0.05, 0.1) is 4.90 Å². The summed E-state index contributed by atoms with van der Waals surface area (Å²) in [5, 5.41) is 3.33. The lowest BCUT2D eigenvalue weighted by atomic mass is 10.1. The molecule has 0 amide bonds. The third-order valence-electron chi connectivity index (χ3n) is 2.91. The van der Waals surface area contributed by atoms with Crippen LogP contribution in [0.2, 0.25) is 0 Å². The molecule has 21 heavy (non-hydrogen) atoms. The van der Waals surface area contributed by atoms with Gasteiger partial charge < -0.3 is 9.88 Å². The molecular weight excluding hydrogens is 286 g/mol. The molecule has 1 heterocycles. The van der Waals surface area contributed by atoms with Gasteiger partial charge in [-0.25, -0.2) is 13.1 Å². The van der Waals surface area contributed by atoms with Crippen LogP contribution >= 0.6 is 0 Å². The predicted molar refractivity (Wildman–Crippen MR) is 86.9 cm³/mol. The molecule has 0 atom stereocenters. The van der Waals surface area contributed by atoms with Gasteiger partial charge >= 0.3 is 0 Å². The summed E-state index contributed by atoms with van der Waals surface area (Å²) in [4.78, 5) is 0.326. The molecule has 0 aliphatic carbocycles. The first-order valence-electron chi connectivity index (χ1n) is 7.40. The van der Waals surface area contributed by atoms with E-state index in [9.17, 15) is 8.42 Å².